The Balaban J connectivity index is 2.82. The predicted octanol–water partition coefficient (Wildman–Crippen LogP) is 1.19. The molecule has 0 aliphatic carbocycles. The Kier molecular flexibility index (Phi) is 4.03. The van der Waals surface area contributed by atoms with Crippen LogP contribution in [0.1, 0.15) is 33.6 Å². The summed E-state index contributed by atoms with van der Waals surface area (Å²) in [6.45, 7) is 5.96. The van der Waals surface area contributed by atoms with Crippen molar-refractivity contribution in [1.82, 2.24) is 9.42 Å². The van der Waals surface area contributed by atoms with Crippen molar-refractivity contribution in [2.45, 2.75) is 39.2 Å². The molecule has 1 aliphatic heterocycles. The number of carbonyl (C=O) groups excluding carboxylic acids is 1. The van der Waals surface area contributed by atoms with Gasteiger partial charge in [0.15, 0.2) is 0 Å². The number of hydrazine groups is 1. The molecular formula is C10H20N2O4S. The number of nitrogens with zero attached hydrogens (tertiary/aromatic N) is 2. The fourth-order valence-electron chi connectivity index (χ4n) is 1.58. The summed E-state index contributed by atoms with van der Waals surface area (Å²) in [5.74, 6) is 0. The molecule has 1 saturated heterocycles. The molecule has 1 heterocycles. The molecule has 6 nitrogen and oxygen atoms in total. The van der Waals surface area contributed by atoms with Crippen LogP contribution in [0.2, 0.25) is 0 Å². The van der Waals surface area contributed by atoms with Gasteiger partial charge in [0.1, 0.15) is 5.60 Å². The molecule has 0 bridgehead atoms. The van der Waals surface area contributed by atoms with Crippen LogP contribution >= 0.6 is 0 Å². The standard InChI is InChI=1S/C10H20N2O4S/c1-10(2,3)16-9(13)11-7-5-6-8-12(11)17(4,14)15/h5-8H2,1-4H3. The highest BCUT2D eigenvalue weighted by Crippen LogP contribution is 2.18. The van der Waals surface area contributed by atoms with Crippen LogP contribution in [-0.4, -0.2) is 48.9 Å². The minimum atomic E-state index is -3.42. The number of hydrogen-bond donors (Lipinski definition) is 0. The summed E-state index contributed by atoms with van der Waals surface area (Å²) in [6, 6.07) is 0. The first kappa shape index (κ1) is 14.2. The molecule has 1 aliphatic rings. The van der Waals surface area contributed by atoms with Gasteiger partial charge in [-0.3, -0.25) is 0 Å². The number of sulfonamides is 1. The minimum Gasteiger partial charge on any atom is -0.443 e. The van der Waals surface area contributed by atoms with E-state index in [-0.39, 0.29) is 0 Å². The van der Waals surface area contributed by atoms with Crippen molar-refractivity contribution in [3.63, 3.8) is 0 Å². The smallest absolute Gasteiger partial charge is 0.425 e. The lowest BCUT2D eigenvalue weighted by Gasteiger charge is -2.37. The second-order valence-electron chi connectivity index (χ2n) is 5.12. The van der Waals surface area contributed by atoms with Gasteiger partial charge in [0, 0.05) is 13.1 Å². The second kappa shape index (κ2) is 4.81. The molecule has 0 atom stereocenters. The molecule has 1 amide bonds. The number of amides is 1. The third-order valence-corrected chi connectivity index (χ3v) is 3.37. The maximum Gasteiger partial charge on any atom is 0.425 e. The van der Waals surface area contributed by atoms with Gasteiger partial charge in [-0.05, 0) is 33.6 Å². The second-order valence-corrected chi connectivity index (χ2v) is 7.01. The fraction of sp³-hybridized carbons (Fsp3) is 0.900. The first-order valence-electron chi connectivity index (χ1n) is 5.59. The number of carbonyl (C=O) groups is 1. The number of hydrogen-bond acceptors (Lipinski definition) is 4. The van der Waals surface area contributed by atoms with Crippen molar-refractivity contribution in [2.75, 3.05) is 19.3 Å². The SMILES string of the molecule is CC(C)(C)OC(=O)N1CCCCN1S(C)(=O)=O. The molecule has 17 heavy (non-hydrogen) atoms. The molecule has 0 saturated carbocycles. The highest BCUT2D eigenvalue weighted by atomic mass is 32.2. The molecule has 1 fully saturated rings. The maximum absolute atomic E-state index is 11.9. The lowest BCUT2D eigenvalue weighted by molar-refractivity contribution is -0.0254. The molecular weight excluding hydrogens is 244 g/mol. The quantitative estimate of drug-likeness (QED) is 0.713. The Morgan fingerprint density at radius 3 is 2.18 bits per heavy atom. The van der Waals surface area contributed by atoms with Gasteiger partial charge in [0.25, 0.3) is 0 Å². The van der Waals surface area contributed by atoms with E-state index in [1.54, 1.807) is 20.8 Å². The van der Waals surface area contributed by atoms with E-state index in [9.17, 15) is 13.2 Å². The van der Waals surface area contributed by atoms with E-state index in [0.29, 0.717) is 13.1 Å². The van der Waals surface area contributed by atoms with E-state index in [1.165, 1.54) is 5.01 Å². The van der Waals surface area contributed by atoms with Gasteiger partial charge in [-0.1, -0.05) is 0 Å². The molecule has 0 unspecified atom stereocenters. The molecule has 0 aromatic heterocycles. The molecule has 7 heteroatoms. The van der Waals surface area contributed by atoms with Gasteiger partial charge in [0.2, 0.25) is 10.0 Å². The molecule has 1 rings (SSSR count). The van der Waals surface area contributed by atoms with Crippen molar-refractivity contribution in [1.29, 1.82) is 0 Å². The summed E-state index contributed by atoms with van der Waals surface area (Å²) in [5.41, 5.74) is -0.627. The monoisotopic (exact) mass is 264 g/mol. The van der Waals surface area contributed by atoms with E-state index in [2.05, 4.69) is 0 Å². The first-order chi connectivity index (χ1) is 7.61. The summed E-state index contributed by atoms with van der Waals surface area (Å²) in [5, 5.41) is 1.17. The zero-order chi connectivity index (χ0) is 13.3. The highest BCUT2D eigenvalue weighted by molar-refractivity contribution is 7.88. The normalized spacial score (nSPS) is 19.2. The van der Waals surface area contributed by atoms with E-state index in [1.807, 2.05) is 0 Å². The molecule has 0 aromatic carbocycles. The summed E-state index contributed by atoms with van der Waals surface area (Å²) >= 11 is 0. The Morgan fingerprint density at radius 1 is 1.18 bits per heavy atom. The number of ether oxygens (including phenoxy) is 1. The Labute approximate surface area is 103 Å². The van der Waals surface area contributed by atoms with Crippen LogP contribution in [0.15, 0.2) is 0 Å². The molecule has 0 spiro atoms. The Morgan fingerprint density at radius 2 is 1.71 bits per heavy atom. The Hall–Kier alpha value is -0.820. The zero-order valence-electron chi connectivity index (χ0n) is 10.8. The molecule has 100 valence electrons. The van der Waals surface area contributed by atoms with Crippen LogP contribution in [0.3, 0.4) is 0 Å². The summed E-state index contributed by atoms with van der Waals surface area (Å²) in [7, 11) is -3.42. The van der Waals surface area contributed by atoms with Crippen molar-refractivity contribution >= 4 is 16.1 Å². The van der Waals surface area contributed by atoms with Crippen molar-refractivity contribution in [3.8, 4) is 0 Å². The van der Waals surface area contributed by atoms with Gasteiger partial charge >= 0.3 is 6.09 Å². The molecule has 0 radical (unpaired) electrons. The van der Waals surface area contributed by atoms with Gasteiger partial charge in [0.05, 0.1) is 6.26 Å². The van der Waals surface area contributed by atoms with E-state index in [0.717, 1.165) is 23.5 Å². The minimum absolute atomic E-state index is 0.331. The van der Waals surface area contributed by atoms with Gasteiger partial charge in [-0.15, -0.1) is 4.41 Å². The van der Waals surface area contributed by atoms with Crippen LogP contribution in [0.4, 0.5) is 4.79 Å². The fourth-order valence-corrected chi connectivity index (χ4v) is 2.55. The van der Waals surface area contributed by atoms with E-state index >= 15 is 0 Å². The van der Waals surface area contributed by atoms with E-state index < -0.39 is 21.7 Å². The molecule has 0 N–H and O–H groups in total. The van der Waals surface area contributed by atoms with Crippen molar-refractivity contribution in [2.24, 2.45) is 0 Å². The summed E-state index contributed by atoms with van der Waals surface area (Å²) < 4.78 is 29.4. The average molecular weight is 264 g/mol. The van der Waals surface area contributed by atoms with Crippen LogP contribution in [0.5, 0.6) is 0 Å². The molecule has 0 aromatic rings. The van der Waals surface area contributed by atoms with Crippen LogP contribution in [0, 0.1) is 0 Å². The maximum atomic E-state index is 11.9. The van der Waals surface area contributed by atoms with Crippen LogP contribution < -0.4 is 0 Å². The van der Waals surface area contributed by atoms with Gasteiger partial charge in [-0.2, -0.15) is 0 Å². The Bertz CT molecular complexity index is 386. The van der Waals surface area contributed by atoms with Crippen molar-refractivity contribution < 1.29 is 17.9 Å². The first-order valence-corrected chi connectivity index (χ1v) is 7.44. The van der Waals surface area contributed by atoms with Crippen LogP contribution in [0.25, 0.3) is 0 Å². The van der Waals surface area contributed by atoms with Crippen LogP contribution in [-0.2, 0) is 14.8 Å². The third-order valence-electron chi connectivity index (χ3n) is 2.23. The largest absolute Gasteiger partial charge is 0.443 e. The average Bonchev–Trinajstić information content (AvgIpc) is 2.13. The zero-order valence-corrected chi connectivity index (χ0v) is 11.6. The lowest BCUT2D eigenvalue weighted by Crippen LogP contribution is -2.53. The summed E-state index contributed by atoms with van der Waals surface area (Å²) in [4.78, 5) is 11.9. The topological polar surface area (TPSA) is 66.9 Å². The van der Waals surface area contributed by atoms with Gasteiger partial charge < -0.3 is 4.74 Å². The third kappa shape index (κ3) is 4.16. The highest BCUT2D eigenvalue weighted by Gasteiger charge is 2.33. The van der Waals surface area contributed by atoms with Crippen molar-refractivity contribution in [3.05, 3.63) is 0 Å². The van der Waals surface area contributed by atoms with Gasteiger partial charge in [-0.25, -0.2) is 18.2 Å². The number of rotatable bonds is 1. The summed E-state index contributed by atoms with van der Waals surface area (Å²) in [6.07, 6.45) is 2.02. The predicted molar refractivity (Wildman–Crippen MR) is 63.7 cm³/mol. The lowest BCUT2D eigenvalue weighted by atomic mass is 10.2. The van der Waals surface area contributed by atoms with E-state index in [4.69, 9.17) is 4.74 Å².